The fourth-order valence-electron chi connectivity index (χ4n) is 8.56. The highest BCUT2D eigenvalue weighted by Gasteiger charge is 2.17. The molecule has 0 amide bonds. The van der Waals surface area contributed by atoms with Crippen LogP contribution in [-0.4, -0.2) is 14.3 Å². The molecule has 0 unspecified atom stereocenters. The highest BCUT2D eigenvalue weighted by molar-refractivity contribution is 6.11. The van der Waals surface area contributed by atoms with Crippen LogP contribution in [0.5, 0.6) is 0 Å². The molecule has 0 saturated heterocycles. The summed E-state index contributed by atoms with van der Waals surface area (Å²) in [5.74, 6) is 0. The van der Waals surface area contributed by atoms with Crippen molar-refractivity contribution in [2.24, 2.45) is 0 Å². The van der Waals surface area contributed by atoms with Crippen LogP contribution in [-0.2, 0) is 0 Å². The van der Waals surface area contributed by atoms with Gasteiger partial charge in [0.05, 0.1) is 28.1 Å². The quantitative estimate of drug-likeness (QED) is 0.151. The first-order valence-electron chi connectivity index (χ1n) is 20.5. The molecule has 3 nitrogen and oxygen atoms in total. The van der Waals surface area contributed by atoms with E-state index < -0.39 is 0 Å². The maximum atomic E-state index is 5.16. The molecule has 3 heteroatoms. The lowest BCUT2D eigenvalue weighted by molar-refractivity contribution is 0.891. The van der Waals surface area contributed by atoms with Gasteiger partial charge in [-0.25, -0.2) is 4.68 Å². The van der Waals surface area contributed by atoms with Crippen LogP contribution >= 0.6 is 0 Å². The lowest BCUT2D eigenvalue weighted by Crippen LogP contribution is -2.00. The molecule has 0 aliphatic heterocycles. The third-order valence-electron chi connectivity index (χ3n) is 11.6. The Hall–Kier alpha value is -8.01. The zero-order valence-corrected chi connectivity index (χ0v) is 32.9. The highest BCUT2D eigenvalue weighted by Crippen LogP contribution is 2.39. The summed E-state index contributed by atoms with van der Waals surface area (Å²) in [5.41, 5.74) is 18.2. The zero-order chi connectivity index (χ0) is 39.8. The van der Waals surface area contributed by atoms with E-state index in [1.165, 1.54) is 55.3 Å². The topological polar surface area (TPSA) is 22.8 Å². The minimum absolute atomic E-state index is 0.941. The van der Waals surface area contributed by atoms with Crippen molar-refractivity contribution < 1.29 is 0 Å². The van der Waals surface area contributed by atoms with E-state index in [2.05, 4.69) is 240 Å². The summed E-state index contributed by atoms with van der Waals surface area (Å²) in [7, 11) is 0. The Morgan fingerprint density at radius 2 is 0.650 bits per heavy atom. The van der Waals surface area contributed by atoms with E-state index in [1.807, 2.05) is 6.07 Å². The Labute approximate surface area is 349 Å². The van der Waals surface area contributed by atoms with Crippen molar-refractivity contribution >= 4 is 21.8 Å². The van der Waals surface area contributed by atoms with Gasteiger partial charge in [0, 0.05) is 27.6 Å². The number of nitrogens with zero attached hydrogens (tertiary/aromatic N) is 3. The molecule has 282 valence electrons. The van der Waals surface area contributed by atoms with Crippen LogP contribution in [0, 0.1) is 0 Å². The summed E-state index contributed by atoms with van der Waals surface area (Å²) in [6, 6.07) is 84.7. The molecule has 0 spiro atoms. The predicted octanol–water partition coefficient (Wildman–Crippen LogP) is 15.0. The minimum Gasteiger partial charge on any atom is -0.309 e. The molecule has 0 aliphatic rings. The van der Waals surface area contributed by atoms with Crippen molar-refractivity contribution in [3.8, 4) is 78.4 Å². The number of benzene rings is 9. The minimum atomic E-state index is 0.941. The van der Waals surface area contributed by atoms with Crippen LogP contribution in [0.1, 0.15) is 0 Å². The zero-order valence-electron chi connectivity index (χ0n) is 32.9. The van der Waals surface area contributed by atoms with Crippen molar-refractivity contribution in [3.05, 3.63) is 237 Å². The lowest BCUT2D eigenvalue weighted by atomic mass is 9.96. The van der Waals surface area contributed by atoms with E-state index in [0.717, 1.165) is 44.9 Å². The number of hydrogen-bond acceptors (Lipinski definition) is 1. The fourth-order valence-corrected chi connectivity index (χ4v) is 8.56. The van der Waals surface area contributed by atoms with Gasteiger partial charge in [0.15, 0.2) is 0 Å². The molecule has 60 heavy (non-hydrogen) atoms. The van der Waals surface area contributed by atoms with Crippen LogP contribution in [0.25, 0.3) is 100 Å². The maximum Gasteiger partial charge on any atom is 0.0934 e. The molecule has 0 atom stereocenters. The van der Waals surface area contributed by atoms with Crippen molar-refractivity contribution in [1.29, 1.82) is 0 Å². The van der Waals surface area contributed by atoms with Crippen molar-refractivity contribution in [1.82, 2.24) is 14.3 Å². The van der Waals surface area contributed by atoms with Crippen molar-refractivity contribution in [2.75, 3.05) is 0 Å². The average molecular weight is 766 g/mol. The van der Waals surface area contributed by atoms with E-state index >= 15 is 0 Å². The van der Waals surface area contributed by atoms with Gasteiger partial charge in [-0.1, -0.05) is 170 Å². The molecule has 0 fully saturated rings. The van der Waals surface area contributed by atoms with Gasteiger partial charge in [0.25, 0.3) is 0 Å². The number of aromatic nitrogens is 3. The summed E-state index contributed by atoms with van der Waals surface area (Å²) >= 11 is 0. The van der Waals surface area contributed by atoms with Crippen LogP contribution in [0.3, 0.4) is 0 Å². The molecular weight excluding hydrogens is 727 g/mol. The van der Waals surface area contributed by atoms with Gasteiger partial charge < -0.3 is 4.57 Å². The predicted molar refractivity (Wildman–Crippen MR) is 251 cm³/mol. The summed E-state index contributed by atoms with van der Waals surface area (Å²) in [6.45, 7) is 0. The Kier molecular flexibility index (Phi) is 8.83. The summed E-state index contributed by atoms with van der Waals surface area (Å²) in [5, 5.41) is 7.58. The van der Waals surface area contributed by atoms with Gasteiger partial charge in [-0.2, -0.15) is 5.10 Å². The largest absolute Gasteiger partial charge is 0.309 e. The van der Waals surface area contributed by atoms with E-state index in [9.17, 15) is 0 Å². The van der Waals surface area contributed by atoms with Crippen molar-refractivity contribution in [2.45, 2.75) is 0 Å². The highest BCUT2D eigenvalue weighted by atomic mass is 15.3. The molecule has 0 saturated carbocycles. The van der Waals surface area contributed by atoms with Crippen molar-refractivity contribution in [3.63, 3.8) is 0 Å². The van der Waals surface area contributed by atoms with E-state index in [-0.39, 0.29) is 0 Å². The van der Waals surface area contributed by atoms with Gasteiger partial charge in [0.1, 0.15) is 0 Å². The molecule has 9 aromatic carbocycles. The molecule has 11 aromatic rings. The molecule has 11 rings (SSSR count). The van der Waals surface area contributed by atoms with Gasteiger partial charge in [0.2, 0.25) is 0 Å². The maximum absolute atomic E-state index is 5.16. The summed E-state index contributed by atoms with van der Waals surface area (Å²) < 4.78 is 4.47. The summed E-state index contributed by atoms with van der Waals surface area (Å²) in [6.07, 6.45) is 0. The molecule has 2 aromatic heterocycles. The molecule has 0 N–H and O–H groups in total. The van der Waals surface area contributed by atoms with E-state index in [1.54, 1.807) is 0 Å². The normalized spacial score (nSPS) is 11.3. The Morgan fingerprint density at radius 1 is 0.267 bits per heavy atom. The SMILES string of the molecule is c1ccc(-c2cccc(-c3ccc4c(c3)c3cc(-c5cccc(-c6ccccc6)c5)ccc3n4-c3ccc(-n4nc(-c5ccccc5)cc4-c4ccccc4)cc3)c2)cc1. The fraction of sp³-hybridized carbons (Fsp3) is 0. The van der Waals surface area contributed by atoms with Gasteiger partial charge in [-0.15, -0.1) is 0 Å². The van der Waals surface area contributed by atoms with Crippen LogP contribution < -0.4 is 0 Å². The number of fused-ring (bicyclic) bond motifs is 3. The Bertz CT molecular complexity index is 3130. The third-order valence-corrected chi connectivity index (χ3v) is 11.6. The van der Waals surface area contributed by atoms with Crippen LogP contribution in [0.2, 0.25) is 0 Å². The lowest BCUT2D eigenvalue weighted by Gasteiger charge is -2.12. The molecule has 2 heterocycles. The molecule has 0 aliphatic carbocycles. The second-order valence-corrected chi connectivity index (χ2v) is 15.3. The third kappa shape index (κ3) is 6.49. The molecule has 0 bridgehead atoms. The van der Waals surface area contributed by atoms with Gasteiger partial charge in [-0.05, 0) is 111 Å². The Morgan fingerprint density at radius 3 is 1.13 bits per heavy atom. The second-order valence-electron chi connectivity index (χ2n) is 15.3. The Balaban J connectivity index is 1.05. The number of rotatable bonds is 8. The molecule has 0 radical (unpaired) electrons. The van der Waals surface area contributed by atoms with E-state index in [4.69, 9.17) is 5.10 Å². The number of hydrogen-bond donors (Lipinski definition) is 0. The van der Waals surface area contributed by atoms with Gasteiger partial charge in [-0.3, -0.25) is 0 Å². The second kappa shape index (κ2) is 15.1. The van der Waals surface area contributed by atoms with Crippen LogP contribution in [0.15, 0.2) is 237 Å². The average Bonchev–Trinajstić information content (AvgIpc) is 3.93. The monoisotopic (exact) mass is 765 g/mol. The van der Waals surface area contributed by atoms with Crippen LogP contribution in [0.4, 0.5) is 0 Å². The molecular formula is C57H39N3. The summed E-state index contributed by atoms with van der Waals surface area (Å²) in [4.78, 5) is 0. The van der Waals surface area contributed by atoms with E-state index in [0.29, 0.717) is 0 Å². The van der Waals surface area contributed by atoms with Gasteiger partial charge >= 0.3 is 0 Å². The first kappa shape index (κ1) is 35.2. The smallest absolute Gasteiger partial charge is 0.0934 e. The standard InChI is InChI=1S/C57H39N3/c1-5-15-40(16-6-1)44-23-13-25-46(35-44)48-27-33-55-52(37-48)53-38-49(47-26-14-24-45(36-47)41-17-7-2-8-18-41)28-34-56(53)59(55)50-29-31-51(32-30-50)60-57(43-21-11-4-12-22-43)39-54(58-60)42-19-9-3-10-20-42/h1-39H. The first-order chi connectivity index (χ1) is 29.7. The first-order valence-corrected chi connectivity index (χ1v) is 20.5.